The van der Waals surface area contributed by atoms with Crippen LogP contribution in [0, 0.1) is 0 Å². The first-order valence-electron chi connectivity index (χ1n) is 7.15. The number of hydrogen-bond acceptors (Lipinski definition) is 2. The number of rotatable bonds is 4. The molecule has 110 valence electrons. The van der Waals surface area contributed by atoms with Gasteiger partial charge >= 0.3 is 0 Å². The lowest BCUT2D eigenvalue weighted by atomic mass is 10.0. The molecular formula is C17H17Cl2NO. The quantitative estimate of drug-likeness (QED) is 0.800. The fourth-order valence-electron chi connectivity index (χ4n) is 2.70. The monoisotopic (exact) mass is 321 g/mol. The topological polar surface area (TPSA) is 12.5 Å². The van der Waals surface area contributed by atoms with E-state index in [4.69, 9.17) is 27.9 Å². The van der Waals surface area contributed by atoms with Crippen molar-refractivity contribution in [2.75, 3.05) is 24.6 Å². The van der Waals surface area contributed by atoms with Gasteiger partial charge in [-0.15, -0.1) is 0 Å². The first kappa shape index (κ1) is 14.6. The van der Waals surface area contributed by atoms with Crippen LogP contribution in [-0.4, -0.2) is 19.7 Å². The number of hydrogen-bond donors (Lipinski definition) is 0. The van der Waals surface area contributed by atoms with Crippen LogP contribution in [0.2, 0.25) is 10.0 Å². The molecule has 3 rings (SSSR count). The Morgan fingerprint density at radius 3 is 2.81 bits per heavy atom. The standard InChI is InChI=1S/C17H17Cl2NO/c18-14-7-8-17(15(19)12-14)21-11-10-20-9-3-5-13-4-1-2-6-16(13)20/h1-2,4,6-8,12H,3,5,9-11H2. The molecule has 0 aliphatic carbocycles. The summed E-state index contributed by atoms with van der Waals surface area (Å²) in [5, 5.41) is 1.18. The molecular weight excluding hydrogens is 305 g/mol. The summed E-state index contributed by atoms with van der Waals surface area (Å²) in [6, 6.07) is 13.9. The number of halogens is 2. The van der Waals surface area contributed by atoms with Crippen molar-refractivity contribution in [3.05, 3.63) is 58.1 Å². The Kier molecular flexibility index (Phi) is 4.57. The molecule has 0 saturated carbocycles. The number of benzene rings is 2. The summed E-state index contributed by atoms with van der Waals surface area (Å²) in [6.45, 7) is 2.54. The molecule has 0 saturated heterocycles. The van der Waals surface area contributed by atoms with Gasteiger partial charge in [0, 0.05) is 17.3 Å². The molecule has 0 spiro atoms. The fraction of sp³-hybridized carbons (Fsp3) is 0.294. The predicted molar refractivity (Wildman–Crippen MR) is 88.9 cm³/mol. The van der Waals surface area contributed by atoms with Gasteiger partial charge in [-0.2, -0.15) is 0 Å². The second kappa shape index (κ2) is 6.59. The van der Waals surface area contributed by atoms with Crippen molar-refractivity contribution < 1.29 is 4.74 Å². The molecule has 0 unspecified atom stereocenters. The van der Waals surface area contributed by atoms with Crippen LogP contribution in [0.5, 0.6) is 5.75 Å². The number of ether oxygens (including phenoxy) is 1. The molecule has 1 aliphatic heterocycles. The molecule has 0 bridgehead atoms. The molecule has 0 radical (unpaired) electrons. The zero-order valence-corrected chi connectivity index (χ0v) is 13.2. The third kappa shape index (κ3) is 3.45. The third-order valence-electron chi connectivity index (χ3n) is 3.72. The number of aryl methyl sites for hydroxylation is 1. The van der Waals surface area contributed by atoms with E-state index in [0.29, 0.717) is 22.4 Å². The Morgan fingerprint density at radius 2 is 1.95 bits per heavy atom. The lowest BCUT2D eigenvalue weighted by Gasteiger charge is -2.31. The van der Waals surface area contributed by atoms with E-state index >= 15 is 0 Å². The maximum absolute atomic E-state index is 6.11. The van der Waals surface area contributed by atoms with Gasteiger partial charge in [-0.1, -0.05) is 41.4 Å². The van der Waals surface area contributed by atoms with Crippen molar-refractivity contribution >= 4 is 28.9 Å². The summed E-state index contributed by atoms with van der Waals surface area (Å²) in [4.78, 5) is 2.38. The van der Waals surface area contributed by atoms with Crippen LogP contribution in [-0.2, 0) is 6.42 Å². The van der Waals surface area contributed by atoms with E-state index in [1.165, 1.54) is 17.7 Å². The van der Waals surface area contributed by atoms with Crippen LogP contribution in [0.15, 0.2) is 42.5 Å². The van der Waals surface area contributed by atoms with Crippen LogP contribution in [0.25, 0.3) is 0 Å². The van der Waals surface area contributed by atoms with Gasteiger partial charge in [0.05, 0.1) is 11.6 Å². The fourth-order valence-corrected chi connectivity index (χ4v) is 3.16. The van der Waals surface area contributed by atoms with Gasteiger partial charge in [-0.05, 0) is 42.7 Å². The van der Waals surface area contributed by atoms with Crippen LogP contribution < -0.4 is 9.64 Å². The molecule has 0 fully saturated rings. The molecule has 2 aromatic rings. The summed E-state index contributed by atoms with van der Waals surface area (Å²) in [5.74, 6) is 0.686. The molecule has 1 aliphatic rings. The second-order valence-corrected chi connectivity index (χ2v) is 5.99. The summed E-state index contributed by atoms with van der Waals surface area (Å²) in [7, 11) is 0. The van der Waals surface area contributed by atoms with Crippen molar-refractivity contribution in [3.8, 4) is 5.75 Å². The minimum absolute atomic E-state index is 0.557. The van der Waals surface area contributed by atoms with E-state index in [1.54, 1.807) is 12.1 Å². The lowest BCUT2D eigenvalue weighted by molar-refractivity contribution is 0.323. The van der Waals surface area contributed by atoms with Gasteiger partial charge in [-0.3, -0.25) is 0 Å². The highest BCUT2D eigenvalue weighted by molar-refractivity contribution is 6.35. The highest BCUT2D eigenvalue weighted by atomic mass is 35.5. The molecule has 2 nitrogen and oxygen atoms in total. The molecule has 0 N–H and O–H groups in total. The highest BCUT2D eigenvalue weighted by Gasteiger charge is 2.15. The summed E-state index contributed by atoms with van der Waals surface area (Å²) >= 11 is 12.0. The van der Waals surface area contributed by atoms with Crippen LogP contribution in [0.4, 0.5) is 5.69 Å². The Hall–Kier alpha value is -1.38. The predicted octanol–water partition coefficient (Wildman–Crippen LogP) is 4.83. The van der Waals surface area contributed by atoms with E-state index in [0.717, 1.165) is 19.5 Å². The Labute approximate surface area is 135 Å². The smallest absolute Gasteiger partial charge is 0.138 e. The van der Waals surface area contributed by atoms with E-state index in [2.05, 4.69) is 29.2 Å². The van der Waals surface area contributed by atoms with Gasteiger partial charge in [0.15, 0.2) is 0 Å². The molecule has 21 heavy (non-hydrogen) atoms. The van der Waals surface area contributed by atoms with Gasteiger partial charge < -0.3 is 9.64 Å². The van der Waals surface area contributed by atoms with Crippen molar-refractivity contribution in [2.24, 2.45) is 0 Å². The molecule has 1 heterocycles. The average molecular weight is 322 g/mol. The molecule has 4 heteroatoms. The average Bonchev–Trinajstić information content (AvgIpc) is 2.50. The van der Waals surface area contributed by atoms with Crippen molar-refractivity contribution in [2.45, 2.75) is 12.8 Å². The van der Waals surface area contributed by atoms with Crippen molar-refractivity contribution in [3.63, 3.8) is 0 Å². The number of anilines is 1. The van der Waals surface area contributed by atoms with E-state index in [1.807, 2.05) is 6.07 Å². The van der Waals surface area contributed by atoms with E-state index < -0.39 is 0 Å². The number of fused-ring (bicyclic) bond motifs is 1. The van der Waals surface area contributed by atoms with Crippen LogP contribution >= 0.6 is 23.2 Å². The summed E-state index contributed by atoms with van der Waals surface area (Å²) < 4.78 is 5.78. The SMILES string of the molecule is Clc1ccc(OCCN2CCCc3ccccc32)c(Cl)c1. The minimum atomic E-state index is 0.557. The van der Waals surface area contributed by atoms with E-state index in [9.17, 15) is 0 Å². The normalized spacial score (nSPS) is 13.9. The van der Waals surface area contributed by atoms with Gasteiger partial charge in [0.25, 0.3) is 0 Å². The molecule has 0 atom stereocenters. The molecule has 0 aromatic heterocycles. The Morgan fingerprint density at radius 1 is 1.10 bits per heavy atom. The maximum atomic E-state index is 6.11. The first-order valence-corrected chi connectivity index (χ1v) is 7.90. The second-order valence-electron chi connectivity index (χ2n) is 5.14. The summed E-state index contributed by atoms with van der Waals surface area (Å²) in [6.07, 6.45) is 2.36. The van der Waals surface area contributed by atoms with Crippen molar-refractivity contribution in [1.82, 2.24) is 0 Å². The third-order valence-corrected chi connectivity index (χ3v) is 4.25. The number of para-hydroxylation sites is 1. The van der Waals surface area contributed by atoms with Gasteiger partial charge in [0.2, 0.25) is 0 Å². The Bertz CT molecular complexity index is 630. The largest absolute Gasteiger partial charge is 0.490 e. The van der Waals surface area contributed by atoms with E-state index in [-0.39, 0.29) is 0 Å². The molecule has 2 aromatic carbocycles. The lowest BCUT2D eigenvalue weighted by Crippen LogP contribution is -2.33. The highest BCUT2D eigenvalue weighted by Crippen LogP contribution is 2.28. The van der Waals surface area contributed by atoms with Crippen molar-refractivity contribution in [1.29, 1.82) is 0 Å². The van der Waals surface area contributed by atoms with Crippen LogP contribution in [0.3, 0.4) is 0 Å². The van der Waals surface area contributed by atoms with Gasteiger partial charge in [0.1, 0.15) is 12.4 Å². The minimum Gasteiger partial charge on any atom is -0.490 e. The Balaban J connectivity index is 1.61. The molecule has 0 amide bonds. The summed E-state index contributed by atoms with van der Waals surface area (Å²) in [5.41, 5.74) is 2.75. The van der Waals surface area contributed by atoms with Gasteiger partial charge in [-0.25, -0.2) is 0 Å². The number of nitrogens with zero attached hydrogens (tertiary/aromatic N) is 1. The van der Waals surface area contributed by atoms with Crippen LogP contribution in [0.1, 0.15) is 12.0 Å². The maximum Gasteiger partial charge on any atom is 0.138 e. The first-order chi connectivity index (χ1) is 10.2. The zero-order valence-electron chi connectivity index (χ0n) is 11.7. The zero-order chi connectivity index (χ0) is 14.7.